The molecular weight excluding hydrogens is 397 g/mol. The van der Waals surface area contributed by atoms with Gasteiger partial charge in [0.2, 0.25) is 0 Å². The first kappa shape index (κ1) is 21.5. The van der Waals surface area contributed by atoms with Gasteiger partial charge < -0.3 is 9.47 Å². The molecule has 0 aromatic heterocycles. The number of hydrogen-bond donors (Lipinski definition) is 1. The molecule has 6 nitrogen and oxygen atoms in total. The zero-order chi connectivity index (χ0) is 22.2. The monoisotopic (exact) mass is 417 g/mol. The maximum Gasteiger partial charge on any atom is 0.274 e. The van der Waals surface area contributed by atoms with Crippen LogP contribution in [0.2, 0.25) is 0 Å². The second kappa shape index (κ2) is 10.0. The van der Waals surface area contributed by atoms with E-state index in [-0.39, 0.29) is 11.1 Å². The number of benzene rings is 3. The third-order valence-electron chi connectivity index (χ3n) is 4.39. The molecule has 0 unspecified atom stereocenters. The number of carbonyl (C=O) groups excluding carboxylic acids is 1. The van der Waals surface area contributed by atoms with Crippen LogP contribution in [0, 0.1) is 24.1 Å². The summed E-state index contributed by atoms with van der Waals surface area (Å²) < 4.78 is 25.1. The van der Waals surface area contributed by atoms with Crippen molar-refractivity contribution in [3.63, 3.8) is 0 Å². The van der Waals surface area contributed by atoms with Crippen LogP contribution >= 0.6 is 0 Å². The largest absolute Gasteiger partial charge is 0.493 e. The molecule has 1 N–H and O–H groups in total. The topological polar surface area (TPSA) is 83.7 Å². The van der Waals surface area contributed by atoms with E-state index >= 15 is 0 Å². The zero-order valence-corrected chi connectivity index (χ0v) is 17.1. The minimum atomic E-state index is -0.788. The lowest BCUT2D eigenvalue weighted by atomic mass is 10.1. The smallest absolute Gasteiger partial charge is 0.274 e. The Morgan fingerprint density at radius 1 is 1.16 bits per heavy atom. The molecule has 0 saturated heterocycles. The van der Waals surface area contributed by atoms with E-state index in [1.165, 1.54) is 25.5 Å². The molecule has 0 heterocycles. The van der Waals surface area contributed by atoms with Crippen LogP contribution < -0.4 is 14.9 Å². The van der Waals surface area contributed by atoms with Gasteiger partial charge in [0.1, 0.15) is 12.4 Å². The summed E-state index contributed by atoms with van der Waals surface area (Å²) in [6.07, 6.45) is 1.41. The van der Waals surface area contributed by atoms with Crippen LogP contribution in [-0.4, -0.2) is 19.2 Å². The fourth-order valence-corrected chi connectivity index (χ4v) is 2.84. The van der Waals surface area contributed by atoms with Crippen molar-refractivity contribution < 1.29 is 18.7 Å². The summed E-state index contributed by atoms with van der Waals surface area (Å²) in [7, 11) is 1.53. The summed E-state index contributed by atoms with van der Waals surface area (Å²) in [6, 6.07) is 18.7. The Balaban J connectivity index is 1.64. The van der Waals surface area contributed by atoms with Gasteiger partial charge in [-0.25, -0.2) is 9.82 Å². The molecular formula is C24H20FN3O3. The highest BCUT2D eigenvalue weighted by molar-refractivity contribution is 5.95. The number of ether oxygens (including phenoxy) is 2. The molecule has 0 radical (unpaired) electrons. The summed E-state index contributed by atoms with van der Waals surface area (Å²) in [6.45, 7) is 2.42. The van der Waals surface area contributed by atoms with Crippen LogP contribution in [-0.2, 0) is 6.61 Å². The van der Waals surface area contributed by atoms with E-state index in [1.54, 1.807) is 18.2 Å². The molecule has 0 bridgehead atoms. The molecule has 0 atom stereocenters. The van der Waals surface area contributed by atoms with E-state index in [0.29, 0.717) is 23.7 Å². The maximum atomic E-state index is 13.9. The van der Waals surface area contributed by atoms with Crippen LogP contribution in [0.4, 0.5) is 4.39 Å². The average Bonchev–Trinajstić information content (AvgIpc) is 2.77. The number of rotatable bonds is 7. The van der Waals surface area contributed by atoms with Crippen molar-refractivity contribution in [2.45, 2.75) is 13.5 Å². The first-order chi connectivity index (χ1) is 15.0. The molecule has 0 saturated carbocycles. The van der Waals surface area contributed by atoms with Crippen LogP contribution in [0.25, 0.3) is 0 Å². The van der Waals surface area contributed by atoms with Gasteiger partial charge in [0.15, 0.2) is 11.5 Å². The summed E-state index contributed by atoms with van der Waals surface area (Å²) >= 11 is 0. The maximum absolute atomic E-state index is 13.9. The third-order valence-corrected chi connectivity index (χ3v) is 4.39. The number of nitrogens with one attached hydrogen (secondary N) is 1. The second-order valence-electron chi connectivity index (χ2n) is 6.69. The first-order valence-corrected chi connectivity index (χ1v) is 9.39. The van der Waals surface area contributed by atoms with Crippen LogP contribution in [0.1, 0.15) is 32.6 Å². The Labute approximate surface area is 179 Å². The Kier molecular flexibility index (Phi) is 6.97. The van der Waals surface area contributed by atoms with E-state index in [9.17, 15) is 9.18 Å². The van der Waals surface area contributed by atoms with Gasteiger partial charge in [-0.15, -0.1) is 0 Å². The average molecular weight is 417 g/mol. The number of hydrogen-bond acceptors (Lipinski definition) is 5. The molecule has 3 aromatic carbocycles. The number of halogens is 1. The number of nitrogens with zero attached hydrogens (tertiary/aromatic N) is 2. The van der Waals surface area contributed by atoms with Gasteiger partial charge in [0.05, 0.1) is 30.5 Å². The SMILES string of the molecule is COc1cc(/C=N\NC(=O)c2ccc(C#N)cc2F)ccc1OCc1cccc(C)c1. The molecule has 7 heteroatoms. The summed E-state index contributed by atoms with van der Waals surface area (Å²) in [5.74, 6) is -0.419. The van der Waals surface area contributed by atoms with Crippen molar-refractivity contribution in [3.8, 4) is 17.6 Å². The molecule has 3 aromatic rings. The molecule has 0 aliphatic carbocycles. The third kappa shape index (κ3) is 5.67. The molecule has 3 rings (SSSR count). The van der Waals surface area contributed by atoms with Gasteiger partial charge >= 0.3 is 0 Å². The minimum Gasteiger partial charge on any atom is -0.493 e. The van der Waals surface area contributed by atoms with E-state index in [1.807, 2.05) is 37.3 Å². The summed E-state index contributed by atoms with van der Waals surface area (Å²) in [5.41, 5.74) is 5.05. The molecule has 0 spiro atoms. The van der Waals surface area contributed by atoms with E-state index in [4.69, 9.17) is 14.7 Å². The Morgan fingerprint density at radius 2 is 2.00 bits per heavy atom. The standard InChI is InChI=1S/C24H20FN3O3/c1-16-4-3-5-19(10-16)15-31-22-9-7-18(12-23(22)30-2)14-27-28-24(29)20-8-6-17(13-26)11-21(20)25/h3-12,14H,15H2,1-2H3,(H,28,29)/b27-14-. The summed E-state index contributed by atoms with van der Waals surface area (Å²) in [4.78, 5) is 12.1. The van der Waals surface area contributed by atoms with Gasteiger partial charge in [-0.1, -0.05) is 29.8 Å². The Hall–Kier alpha value is -4.18. The fraction of sp³-hybridized carbons (Fsp3) is 0.125. The Bertz CT molecular complexity index is 1170. The highest BCUT2D eigenvalue weighted by atomic mass is 19.1. The normalized spacial score (nSPS) is 10.5. The Morgan fingerprint density at radius 3 is 2.71 bits per heavy atom. The number of carbonyl (C=O) groups is 1. The van der Waals surface area contributed by atoms with Crippen molar-refractivity contribution in [2.75, 3.05) is 7.11 Å². The number of aryl methyl sites for hydroxylation is 1. The quantitative estimate of drug-likeness (QED) is 0.457. The van der Waals surface area contributed by atoms with Crippen molar-refractivity contribution in [1.82, 2.24) is 5.43 Å². The van der Waals surface area contributed by atoms with Gasteiger partial charge in [-0.3, -0.25) is 4.79 Å². The lowest BCUT2D eigenvalue weighted by Gasteiger charge is -2.11. The molecule has 0 aliphatic heterocycles. The molecule has 156 valence electrons. The number of nitriles is 1. The van der Waals surface area contributed by atoms with E-state index < -0.39 is 11.7 Å². The van der Waals surface area contributed by atoms with E-state index in [2.05, 4.69) is 10.5 Å². The van der Waals surface area contributed by atoms with Gasteiger partial charge in [-0.2, -0.15) is 10.4 Å². The van der Waals surface area contributed by atoms with Crippen LogP contribution in [0.5, 0.6) is 11.5 Å². The van der Waals surface area contributed by atoms with Crippen molar-refractivity contribution in [2.24, 2.45) is 5.10 Å². The van der Waals surface area contributed by atoms with Crippen molar-refractivity contribution >= 4 is 12.1 Å². The molecule has 0 fully saturated rings. The number of amides is 1. The van der Waals surface area contributed by atoms with Gasteiger partial charge in [0, 0.05) is 0 Å². The lowest BCUT2D eigenvalue weighted by molar-refractivity contribution is 0.0951. The predicted octanol–water partition coefficient (Wildman–Crippen LogP) is 4.36. The van der Waals surface area contributed by atoms with Crippen LogP contribution in [0.15, 0.2) is 65.8 Å². The molecule has 0 aliphatic rings. The van der Waals surface area contributed by atoms with Crippen LogP contribution in [0.3, 0.4) is 0 Å². The number of methoxy groups -OCH3 is 1. The highest BCUT2D eigenvalue weighted by Crippen LogP contribution is 2.28. The first-order valence-electron chi connectivity index (χ1n) is 9.39. The molecule has 31 heavy (non-hydrogen) atoms. The fourth-order valence-electron chi connectivity index (χ4n) is 2.84. The predicted molar refractivity (Wildman–Crippen MR) is 115 cm³/mol. The highest BCUT2D eigenvalue weighted by Gasteiger charge is 2.11. The minimum absolute atomic E-state index is 0.134. The lowest BCUT2D eigenvalue weighted by Crippen LogP contribution is -2.19. The number of hydrazone groups is 1. The second-order valence-corrected chi connectivity index (χ2v) is 6.69. The summed E-state index contributed by atoms with van der Waals surface area (Å²) in [5, 5.41) is 12.6. The van der Waals surface area contributed by atoms with Crippen molar-refractivity contribution in [1.29, 1.82) is 5.26 Å². The van der Waals surface area contributed by atoms with E-state index in [0.717, 1.165) is 17.2 Å². The van der Waals surface area contributed by atoms with Crippen molar-refractivity contribution in [3.05, 3.63) is 94.3 Å². The van der Waals surface area contributed by atoms with Gasteiger partial charge in [0.25, 0.3) is 5.91 Å². The molecule has 1 amide bonds. The zero-order valence-electron chi connectivity index (χ0n) is 17.1. The van der Waals surface area contributed by atoms with Gasteiger partial charge in [-0.05, 0) is 54.4 Å².